The SMILES string of the molecule is CC(=O)C(C)=O.CCCCCCCCCCCCCCCCCC(=O)OC(C(=O)O)C(O)C(=O)O. The fraction of sp³-hybridized carbons (Fsp3) is 0.808. The summed E-state index contributed by atoms with van der Waals surface area (Å²) in [5.74, 6) is -4.97. The number of aliphatic carboxylic acids is 2. The maximum atomic E-state index is 11.6. The van der Waals surface area contributed by atoms with Crippen LogP contribution in [0.25, 0.3) is 0 Å². The lowest BCUT2D eigenvalue weighted by molar-refractivity contribution is -0.178. The van der Waals surface area contributed by atoms with Crippen LogP contribution in [0, 0.1) is 0 Å². The summed E-state index contributed by atoms with van der Waals surface area (Å²) in [4.78, 5) is 52.7. The van der Waals surface area contributed by atoms with Crippen LogP contribution < -0.4 is 0 Å². The summed E-state index contributed by atoms with van der Waals surface area (Å²) < 4.78 is 4.58. The number of Topliss-reactive ketones (excluding diaryl/α,β-unsaturated/α-hetero) is 2. The van der Waals surface area contributed by atoms with Gasteiger partial charge in [-0.15, -0.1) is 0 Å². The van der Waals surface area contributed by atoms with Gasteiger partial charge in [0, 0.05) is 20.3 Å². The summed E-state index contributed by atoms with van der Waals surface area (Å²) in [7, 11) is 0. The summed E-state index contributed by atoms with van der Waals surface area (Å²) >= 11 is 0. The van der Waals surface area contributed by atoms with Crippen molar-refractivity contribution in [2.24, 2.45) is 0 Å². The molecule has 0 fully saturated rings. The Morgan fingerprint density at radius 1 is 0.600 bits per heavy atom. The second kappa shape index (κ2) is 23.5. The molecule has 0 aromatic rings. The predicted octanol–water partition coefficient (Wildman–Crippen LogP) is 4.85. The van der Waals surface area contributed by atoms with E-state index in [9.17, 15) is 29.1 Å². The van der Waals surface area contributed by atoms with E-state index in [1.54, 1.807) is 0 Å². The number of carboxylic acid groups (broad SMARTS) is 2. The van der Waals surface area contributed by atoms with E-state index in [4.69, 9.17) is 10.2 Å². The van der Waals surface area contributed by atoms with Gasteiger partial charge in [0.1, 0.15) is 0 Å². The van der Waals surface area contributed by atoms with Crippen LogP contribution in [0.5, 0.6) is 0 Å². The van der Waals surface area contributed by atoms with Gasteiger partial charge in [0.2, 0.25) is 6.10 Å². The van der Waals surface area contributed by atoms with Crippen molar-refractivity contribution in [3.63, 3.8) is 0 Å². The Hall–Kier alpha value is -2.29. The number of carboxylic acids is 2. The van der Waals surface area contributed by atoms with Crippen LogP contribution in [0.4, 0.5) is 0 Å². The minimum atomic E-state index is -2.27. The number of unbranched alkanes of at least 4 members (excludes halogenated alkanes) is 14. The Balaban J connectivity index is 0. The highest BCUT2D eigenvalue weighted by atomic mass is 16.6. The topological polar surface area (TPSA) is 155 Å². The van der Waals surface area contributed by atoms with Crippen molar-refractivity contribution in [2.45, 2.75) is 136 Å². The molecule has 0 spiro atoms. The van der Waals surface area contributed by atoms with Gasteiger partial charge in [-0.1, -0.05) is 96.8 Å². The molecule has 2 atom stereocenters. The number of ether oxygens (including phenoxy) is 1. The van der Waals surface area contributed by atoms with Gasteiger partial charge in [-0.3, -0.25) is 14.4 Å². The number of carbonyl (C=O) groups is 5. The molecule has 0 amide bonds. The third-order valence-electron chi connectivity index (χ3n) is 5.52. The molecule has 2 unspecified atom stereocenters. The molecule has 9 nitrogen and oxygen atoms in total. The van der Waals surface area contributed by atoms with Crippen LogP contribution in [0.2, 0.25) is 0 Å². The van der Waals surface area contributed by atoms with Crippen molar-refractivity contribution in [1.82, 2.24) is 0 Å². The molecular formula is C26H46O9. The zero-order chi connectivity index (χ0) is 27.1. The van der Waals surface area contributed by atoms with Crippen LogP contribution in [-0.2, 0) is 28.7 Å². The van der Waals surface area contributed by atoms with E-state index in [1.807, 2.05) is 0 Å². The third kappa shape index (κ3) is 23.2. The van der Waals surface area contributed by atoms with Crippen LogP contribution in [-0.4, -0.2) is 57.0 Å². The number of esters is 1. The van der Waals surface area contributed by atoms with E-state index in [0.717, 1.165) is 19.3 Å². The number of carbonyl (C=O) groups excluding carboxylic acids is 3. The first-order chi connectivity index (χ1) is 16.5. The van der Waals surface area contributed by atoms with Gasteiger partial charge in [-0.25, -0.2) is 9.59 Å². The van der Waals surface area contributed by atoms with Gasteiger partial charge in [0.15, 0.2) is 17.7 Å². The average Bonchev–Trinajstić information content (AvgIpc) is 2.79. The standard InChI is InChI=1S/C22H40O7.C4H6O2/c1-2-3-4-5-6-7-8-9-10-11-12-13-14-15-16-17-18(23)29-20(22(27)28)19(24)21(25)26;1-3(5)4(2)6/h19-20,24H,2-17H2,1H3,(H,25,26)(H,27,28);1-2H3. The van der Waals surface area contributed by atoms with E-state index >= 15 is 0 Å². The second-order valence-corrected chi connectivity index (χ2v) is 8.84. The molecule has 0 rings (SSSR count). The van der Waals surface area contributed by atoms with Gasteiger partial charge in [-0.2, -0.15) is 0 Å². The van der Waals surface area contributed by atoms with Crippen LogP contribution in [0.3, 0.4) is 0 Å². The van der Waals surface area contributed by atoms with E-state index < -0.39 is 30.1 Å². The van der Waals surface area contributed by atoms with E-state index in [-0.39, 0.29) is 18.0 Å². The van der Waals surface area contributed by atoms with E-state index in [1.165, 1.54) is 84.5 Å². The molecular weight excluding hydrogens is 456 g/mol. The molecule has 0 aromatic carbocycles. The molecule has 3 N–H and O–H groups in total. The summed E-state index contributed by atoms with van der Waals surface area (Å²) in [6.07, 6.45) is 13.7. The van der Waals surface area contributed by atoms with Gasteiger partial charge in [-0.05, 0) is 6.42 Å². The quantitative estimate of drug-likeness (QED) is 0.113. The van der Waals surface area contributed by atoms with Crippen molar-refractivity contribution in [3.8, 4) is 0 Å². The van der Waals surface area contributed by atoms with E-state index in [0.29, 0.717) is 6.42 Å². The summed E-state index contributed by atoms with van der Waals surface area (Å²) in [5, 5.41) is 26.7. The fourth-order valence-electron chi connectivity index (χ4n) is 3.22. The monoisotopic (exact) mass is 502 g/mol. The van der Waals surface area contributed by atoms with Crippen molar-refractivity contribution in [1.29, 1.82) is 0 Å². The lowest BCUT2D eigenvalue weighted by atomic mass is 10.0. The molecule has 0 heterocycles. The molecule has 0 bridgehead atoms. The summed E-state index contributed by atoms with van der Waals surface area (Å²) in [5.41, 5.74) is 0. The largest absolute Gasteiger partial charge is 0.479 e. The molecule has 0 aromatic heterocycles. The predicted molar refractivity (Wildman–Crippen MR) is 132 cm³/mol. The Labute approximate surface area is 209 Å². The highest BCUT2D eigenvalue weighted by molar-refractivity contribution is 6.35. The first-order valence-electron chi connectivity index (χ1n) is 12.9. The maximum absolute atomic E-state index is 11.6. The van der Waals surface area contributed by atoms with Crippen molar-refractivity contribution in [3.05, 3.63) is 0 Å². The molecule has 35 heavy (non-hydrogen) atoms. The van der Waals surface area contributed by atoms with Crippen molar-refractivity contribution < 1.29 is 44.0 Å². The Kier molecular flexibility index (Phi) is 23.4. The van der Waals surface area contributed by atoms with Crippen LogP contribution in [0.1, 0.15) is 124 Å². The zero-order valence-electron chi connectivity index (χ0n) is 21.8. The van der Waals surface area contributed by atoms with Gasteiger partial charge >= 0.3 is 17.9 Å². The number of aliphatic hydroxyl groups excluding tert-OH is 1. The molecule has 0 aliphatic heterocycles. The molecule has 0 saturated heterocycles. The second-order valence-electron chi connectivity index (χ2n) is 8.84. The van der Waals surface area contributed by atoms with Gasteiger partial charge in [0.05, 0.1) is 0 Å². The van der Waals surface area contributed by atoms with Gasteiger partial charge in [0.25, 0.3) is 0 Å². The molecule has 0 aliphatic carbocycles. The number of hydrogen-bond donors (Lipinski definition) is 3. The minimum Gasteiger partial charge on any atom is -0.479 e. The number of ketones is 2. The summed E-state index contributed by atoms with van der Waals surface area (Å²) in [6, 6.07) is 0. The fourth-order valence-corrected chi connectivity index (χ4v) is 3.22. The van der Waals surface area contributed by atoms with Crippen LogP contribution >= 0.6 is 0 Å². The van der Waals surface area contributed by atoms with Crippen molar-refractivity contribution in [2.75, 3.05) is 0 Å². The lowest BCUT2D eigenvalue weighted by Crippen LogP contribution is -2.42. The zero-order valence-corrected chi connectivity index (χ0v) is 21.8. The maximum Gasteiger partial charge on any atom is 0.348 e. The number of rotatable bonds is 21. The van der Waals surface area contributed by atoms with Gasteiger partial charge < -0.3 is 20.1 Å². The number of hydrogen-bond acceptors (Lipinski definition) is 7. The van der Waals surface area contributed by atoms with Crippen molar-refractivity contribution >= 4 is 29.5 Å². The first-order valence-corrected chi connectivity index (χ1v) is 12.9. The molecule has 204 valence electrons. The Morgan fingerprint density at radius 3 is 1.23 bits per heavy atom. The first kappa shape index (κ1) is 34.9. The smallest absolute Gasteiger partial charge is 0.348 e. The third-order valence-corrected chi connectivity index (χ3v) is 5.52. The highest BCUT2D eigenvalue weighted by Crippen LogP contribution is 2.14. The normalized spacial score (nSPS) is 12.1. The Morgan fingerprint density at radius 2 is 0.943 bits per heavy atom. The summed E-state index contributed by atoms with van der Waals surface area (Å²) in [6.45, 7) is 4.74. The lowest BCUT2D eigenvalue weighted by Gasteiger charge is -2.16. The number of aliphatic hydroxyl groups is 1. The molecule has 0 saturated carbocycles. The van der Waals surface area contributed by atoms with Crippen LogP contribution in [0.15, 0.2) is 0 Å². The molecule has 0 radical (unpaired) electrons. The molecule has 9 heteroatoms. The molecule has 0 aliphatic rings. The van der Waals surface area contributed by atoms with E-state index in [2.05, 4.69) is 11.7 Å². The minimum absolute atomic E-state index is 0.0222. The Bertz CT molecular complexity index is 604. The average molecular weight is 503 g/mol. The highest BCUT2D eigenvalue weighted by Gasteiger charge is 2.35.